The third-order valence-electron chi connectivity index (χ3n) is 3.81. The summed E-state index contributed by atoms with van der Waals surface area (Å²) < 4.78 is 79.9. The molecule has 0 N–H and O–H groups in total. The Labute approximate surface area is 165 Å². The molecule has 0 bridgehead atoms. The van der Waals surface area contributed by atoms with Crippen molar-refractivity contribution in [3.63, 3.8) is 0 Å². The van der Waals surface area contributed by atoms with Crippen LogP contribution in [-0.4, -0.2) is 31.8 Å². The second kappa shape index (κ2) is 13.1. The van der Waals surface area contributed by atoms with Crippen LogP contribution in [-0.2, 0) is 19.1 Å². The van der Waals surface area contributed by atoms with Crippen LogP contribution in [0.1, 0.15) is 51.9 Å². The van der Waals surface area contributed by atoms with Crippen molar-refractivity contribution in [3.05, 3.63) is 29.1 Å². The molecule has 0 aliphatic rings. The lowest BCUT2D eigenvalue weighted by atomic mass is 10.1. The van der Waals surface area contributed by atoms with Crippen LogP contribution < -0.4 is 4.74 Å². The number of halogens is 5. The van der Waals surface area contributed by atoms with Crippen LogP contribution in [0.2, 0.25) is 0 Å². The van der Waals surface area contributed by atoms with Gasteiger partial charge in [-0.3, -0.25) is 9.59 Å². The Balaban J connectivity index is 2.23. The van der Waals surface area contributed by atoms with Crippen molar-refractivity contribution in [1.29, 1.82) is 0 Å². The molecule has 0 spiro atoms. The number of hydrogen-bond acceptors (Lipinski definition) is 5. The van der Waals surface area contributed by atoms with E-state index in [1.165, 1.54) is 0 Å². The fourth-order valence-corrected chi connectivity index (χ4v) is 2.26. The predicted octanol–water partition coefficient (Wildman–Crippen LogP) is 4.60. The number of esters is 2. The molecule has 0 saturated heterocycles. The van der Waals surface area contributed by atoms with Gasteiger partial charge in [0.25, 0.3) is 0 Å². The first-order chi connectivity index (χ1) is 13.8. The maximum absolute atomic E-state index is 13.4. The Bertz CT molecular complexity index is 667. The summed E-state index contributed by atoms with van der Waals surface area (Å²) in [6.45, 7) is 1.76. The lowest BCUT2D eigenvalue weighted by Gasteiger charge is -2.09. The third-order valence-corrected chi connectivity index (χ3v) is 3.81. The van der Waals surface area contributed by atoms with Crippen LogP contribution in [0.15, 0.2) is 0 Å². The summed E-state index contributed by atoms with van der Waals surface area (Å²) in [4.78, 5) is 23.0. The average molecular weight is 426 g/mol. The molecule has 0 heterocycles. The summed E-state index contributed by atoms with van der Waals surface area (Å²) in [7, 11) is 0. The maximum atomic E-state index is 13.4. The van der Waals surface area contributed by atoms with Gasteiger partial charge >= 0.3 is 11.9 Å². The van der Waals surface area contributed by atoms with Crippen LogP contribution >= 0.6 is 0 Å². The molecule has 1 aromatic carbocycles. The number of unbranched alkanes of at least 4 members (excludes halogenated alkanes) is 4. The number of benzene rings is 1. The molecule has 29 heavy (non-hydrogen) atoms. The van der Waals surface area contributed by atoms with E-state index in [0.29, 0.717) is 6.42 Å². The fraction of sp³-hybridized carbons (Fsp3) is 0.579. The molecule has 164 valence electrons. The normalized spacial score (nSPS) is 10.8. The van der Waals surface area contributed by atoms with Crippen LogP contribution in [0.25, 0.3) is 0 Å². The molecule has 0 radical (unpaired) electrons. The number of rotatable bonds is 13. The van der Waals surface area contributed by atoms with E-state index in [-0.39, 0.29) is 25.8 Å². The van der Waals surface area contributed by atoms with Gasteiger partial charge < -0.3 is 14.2 Å². The van der Waals surface area contributed by atoms with Gasteiger partial charge in [0.05, 0.1) is 19.6 Å². The standard InChI is InChI=1S/C19H23F5O5/c1-2-3-4-5-6-7-12(25)28-11-10-27-9-8-13(26)29-19-17(23)15(21)14(20)16(22)18(19)24/h2-11H2,1H3. The Morgan fingerprint density at radius 3 is 1.90 bits per heavy atom. The number of ether oxygens (including phenoxy) is 3. The number of carbonyl (C=O) groups is 2. The van der Waals surface area contributed by atoms with Crippen molar-refractivity contribution in [1.82, 2.24) is 0 Å². The van der Waals surface area contributed by atoms with Gasteiger partial charge in [-0.05, 0) is 6.42 Å². The minimum atomic E-state index is -2.35. The lowest BCUT2D eigenvalue weighted by Crippen LogP contribution is -2.16. The van der Waals surface area contributed by atoms with Crippen molar-refractivity contribution in [2.45, 2.75) is 51.9 Å². The van der Waals surface area contributed by atoms with E-state index in [9.17, 15) is 31.5 Å². The lowest BCUT2D eigenvalue weighted by molar-refractivity contribution is -0.146. The number of carbonyl (C=O) groups excluding carboxylic acids is 2. The molecule has 0 fully saturated rings. The summed E-state index contributed by atoms with van der Waals surface area (Å²) >= 11 is 0. The number of hydrogen-bond donors (Lipinski definition) is 0. The van der Waals surface area contributed by atoms with Gasteiger partial charge in [0.15, 0.2) is 0 Å². The zero-order chi connectivity index (χ0) is 21.8. The molecule has 0 aliphatic heterocycles. The first-order valence-electron chi connectivity index (χ1n) is 9.25. The summed E-state index contributed by atoms with van der Waals surface area (Å²) in [6, 6.07) is 0. The molecule has 1 rings (SSSR count). The van der Waals surface area contributed by atoms with Gasteiger partial charge in [0.1, 0.15) is 6.61 Å². The highest BCUT2D eigenvalue weighted by molar-refractivity contribution is 5.72. The molecule has 0 saturated carbocycles. The largest absolute Gasteiger partial charge is 0.463 e. The Hall–Kier alpha value is -2.23. The smallest absolute Gasteiger partial charge is 0.313 e. The highest BCUT2D eigenvalue weighted by Crippen LogP contribution is 2.29. The Kier molecular flexibility index (Phi) is 11.2. The SMILES string of the molecule is CCCCCCCC(=O)OCCOCCC(=O)Oc1c(F)c(F)c(F)c(F)c1F. The molecule has 0 aromatic heterocycles. The topological polar surface area (TPSA) is 61.8 Å². The van der Waals surface area contributed by atoms with E-state index in [1.807, 2.05) is 0 Å². The third kappa shape index (κ3) is 8.35. The molecule has 0 atom stereocenters. The van der Waals surface area contributed by atoms with E-state index in [4.69, 9.17) is 9.47 Å². The van der Waals surface area contributed by atoms with Crippen molar-refractivity contribution < 1.29 is 45.8 Å². The highest BCUT2D eigenvalue weighted by Gasteiger charge is 2.28. The monoisotopic (exact) mass is 426 g/mol. The van der Waals surface area contributed by atoms with Crippen molar-refractivity contribution >= 4 is 11.9 Å². The van der Waals surface area contributed by atoms with Gasteiger partial charge in [-0.15, -0.1) is 0 Å². The van der Waals surface area contributed by atoms with Crippen LogP contribution in [0.3, 0.4) is 0 Å². The van der Waals surface area contributed by atoms with E-state index >= 15 is 0 Å². The van der Waals surface area contributed by atoms with Crippen LogP contribution in [0.4, 0.5) is 22.0 Å². The molecular weight excluding hydrogens is 403 g/mol. The quantitative estimate of drug-likeness (QED) is 0.115. The summed E-state index contributed by atoms with van der Waals surface area (Å²) in [5.74, 6) is -14.5. The Morgan fingerprint density at radius 1 is 0.690 bits per heavy atom. The van der Waals surface area contributed by atoms with Gasteiger partial charge in [-0.1, -0.05) is 32.6 Å². The highest BCUT2D eigenvalue weighted by atomic mass is 19.2. The first-order valence-corrected chi connectivity index (χ1v) is 9.25. The molecule has 5 nitrogen and oxygen atoms in total. The van der Waals surface area contributed by atoms with Gasteiger partial charge in [0, 0.05) is 6.42 Å². The van der Waals surface area contributed by atoms with Gasteiger partial charge in [0.2, 0.25) is 34.8 Å². The second-order valence-corrected chi connectivity index (χ2v) is 6.12. The predicted molar refractivity (Wildman–Crippen MR) is 91.6 cm³/mol. The van der Waals surface area contributed by atoms with E-state index in [1.54, 1.807) is 0 Å². The molecule has 0 aliphatic carbocycles. The van der Waals surface area contributed by atoms with E-state index < -0.39 is 47.2 Å². The van der Waals surface area contributed by atoms with Gasteiger partial charge in [-0.25, -0.2) is 13.2 Å². The zero-order valence-corrected chi connectivity index (χ0v) is 16.0. The molecule has 0 amide bonds. The summed E-state index contributed by atoms with van der Waals surface area (Å²) in [6.07, 6.45) is 4.77. The van der Waals surface area contributed by atoms with Crippen molar-refractivity contribution in [2.75, 3.05) is 19.8 Å². The first kappa shape index (κ1) is 24.8. The van der Waals surface area contributed by atoms with E-state index in [2.05, 4.69) is 11.7 Å². The van der Waals surface area contributed by atoms with Gasteiger partial charge in [-0.2, -0.15) is 8.78 Å². The molecular formula is C19H23F5O5. The molecule has 1 aromatic rings. The summed E-state index contributed by atoms with van der Waals surface area (Å²) in [5.41, 5.74) is 0. The van der Waals surface area contributed by atoms with Crippen LogP contribution in [0.5, 0.6) is 5.75 Å². The second-order valence-electron chi connectivity index (χ2n) is 6.12. The summed E-state index contributed by atoms with van der Waals surface area (Å²) in [5, 5.41) is 0. The minimum absolute atomic E-state index is 0.0304. The van der Waals surface area contributed by atoms with Crippen molar-refractivity contribution in [2.24, 2.45) is 0 Å². The molecule has 10 heteroatoms. The minimum Gasteiger partial charge on any atom is -0.463 e. The average Bonchev–Trinajstić information content (AvgIpc) is 2.70. The van der Waals surface area contributed by atoms with Crippen molar-refractivity contribution in [3.8, 4) is 5.75 Å². The zero-order valence-electron chi connectivity index (χ0n) is 16.0. The van der Waals surface area contributed by atoms with E-state index in [0.717, 1.165) is 32.1 Å². The Morgan fingerprint density at radius 2 is 1.28 bits per heavy atom. The maximum Gasteiger partial charge on any atom is 0.313 e. The van der Waals surface area contributed by atoms with Crippen LogP contribution in [0, 0.1) is 29.1 Å². The molecule has 0 unspecified atom stereocenters. The fourth-order valence-electron chi connectivity index (χ4n) is 2.26.